The maximum Gasteiger partial charge on any atom is 0.0955 e. The lowest BCUT2D eigenvalue weighted by molar-refractivity contribution is 0.636. The number of rotatable bonds is 2. The van der Waals surface area contributed by atoms with Gasteiger partial charge in [0.05, 0.1) is 24.9 Å². The van der Waals surface area contributed by atoms with Gasteiger partial charge in [0.15, 0.2) is 0 Å². The van der Waals surface area contributed by atoms with E-state index in [1.165, 1.54) is 0 Å². The molecule has 0 radical (unpaired) electrons. The van der Waals surface area contributed by atoms with Crippen LogP contribution in [0.25, 0.3) is 12.2 Å². The van der Waals surface area contributed by atoms with Crippen LogP contribution in [0.2, 0.25) is 0 Å². The highest BCUT2D eigenvalue weighted by Crippen LogP contribution is 2.08. The lowest BCUT2D eigenvalue weighted by Gasteiger charge is -1.94. The fourth-order valence-corrected chi connectivity index (χ4v) is 0.993. The molecule has 13 heavy (non-hydrogen) atoms. The first-order valence-electron chi connectivity index (χ1n) is 3.94. The van der Waals surface area contributed by atoms with Gasteiger partial charge >= 0.3 is 0 Å². The average molecular weight is 182 g/mol. The number of halogens is 1. The number of nitrogens with zero attached hydrogens (tertiary/aromatic N) is 2. The molecule has 3 heteroatoms. The lowest BCUT2D eigenvalue weighted by atomic mass is 10.3. The maximum absolute atomic E-state index is 9.50. The molecule has 0 amide bonds. The number of alkyl halides is 1. The maximum atomic E-state index is 9.50. The molecule has 1 aromatic heterocycles. The highest BCUT2D eigenvalue weighted by molar-refractivity contribution is 5.58. The van der Waals surface area contributed by atoms with Gasteiger partial charge in [-0.05, 0) is 19.1 Å². The summed E-state index contributed by atoms with van der Waals surface area (Å²) in [6.07, 6.45) is 7.53. The summed E-state index contributed by atoms with van der Waals surface area (Å²) in [7, 11) is 2.46. The molecule has 0 aliphatic carbocycles. The Hall–Kier alpha value is -1.38. The first-order chi connectivity index (χ1) is 6.29. The van der Waals surface area contributed by atoms with E-state index in [0.717, 1.165) is 11.4 Å². The van der Waals surface area contributed by atoms with E-state index in [0.29, 0.717) is 7.18 Å². The molecule has 1 aromatic rings. The average Bonchev–Trinajstić information content (AvgIpc) is 2.51. The van der Waals surface area contributed by atoms with Crippen molar-refractivity contribution in [3.8, 4) is 0 Å². The summed E-state index contributed by atoms with van der Waals surface area (Å²) < 4.78 is 11.4. The first kappa shape index (κ1) is 11.6. The summed E-state index contributed by atoms with van der Waals surface area (Å²) in [6, 6.07) is 0. The Morgan fingerprint density at radius 2 is 2.15 bits per heavy atom. The van der Waals surface area contributed by atoms with Crippen LogP contribution in [0, 0.1) is 0 Å². The fraction of sp³-hybridized carbons (Fsp3) is 0.300. The van der Waals surface area contributed by atoms with Gasteiger partial charge in [-0.2, -0.15) is 0 Å². The number of allylic oxidation sites excluding steroid dienone is 1. The Morgan fingerprint density at radius 1 is 1.54 bits per heavy atom. The topological polar surface area (TPSA) is 17.8 Å². The van der Waals surface area contributed by atoms with Crippen molar-refractivity contribution in [2.24, 2.45) is 7.05 Å². The minimum Gasteiger partial charge on any atom is -0.334 e. The fourth-order valence-electron chi connectivity index (χ4n) is 0.993. The molecule has 0 aliphatic rings. The van der Waals surface area contributed by atoms with Crippen molar-refractivity contribution < 1.29 is 4.39 Å². The normalized spacial score (nSPS) is 9.54. The number of imidazole rings is 1. The number of aromatic nitrogens is 2. The summed E-state index contributed by atoms with van der Waals surface area (Å²) in [4.78, 5) is 4.18. The Labute approximate surface area is 78.4 Å². The van der Waals surface area contributed by atoms with Gasteiger partial charge in [0, 0.05) is 7.05 Å². The number of hydrogen-bond acceptors (Lipinski definition) is 1. The summed E-state index contributed by atoms with van der Waals surface area (Å²) in [5.41, 5.74) is 2.04. The number of hydrogen-bond donors (Lipinski definition) is 0. The van der Waals surface area contributed by atoms with Crippen LogP contribution in [0.5, 0.6) is 0 Å². The molecule has 0 aromatic carbocycles. The molecule has 0 bridgehead atoms. The first-order valence-corrected chi connectivity index (χ1v) is 3.94. The zero-order valence-electron chi connectivity index (χ0n) is 8.29. The van der Waals surface area contributed by atoms with E-state index in [2.05, 4.69) is 11.6 Å². The summed E-state index contributed by atoms with van der Waals surface area (Å²) in [5.74, 6) is 0. The number of aryl methyl sites for hydroxylation is 1. The third-order valence-corrected chi connectivity index (χ3v) is 1.53. The Balaban J connectivity index is 0.000000671. The van der Waals surface area contributed by atoms with E-state index in [4.69, 9.17) is 0 Å². The molecule has 72 valence electrons. The van der Waals surface area contributed by atoms with E-state index >= 15 is 0 Å². The Bertz CT molecular complexity index is 287. The molecule has 0 atom stereocenters. The minimum absolute atomic E-state index is 0.500. The molecule has 1 rings (SSSR count). The SMILES string of the molecule is C=Cc1c(/C=C\C)ncn1C.CF. The molecular formula is C10H15FN2. The van der Waals surface area contributed by atoms with Crippen LogP contribution < -0.4 is 0 Å². The van der Waals surface area contributed by atoms with Gasteiger partial charge in [-0.3, -0.25) is 4.39 Å². The summed E-state index contributed by atoms with van der Waals surface area (Å²) in [6.45, 7) is 5.69. The second-order valence-corrected chi connectivity index (χ2v) is 2.33. The molecule has 0 aliphatic heterocycles. The van der Waals surface area contributed by atoms with Crippen molar-refractivity contribution in [2.75, 3.05) is 7.18 Å². The van der Waals surface area contributed by atoms with Crippen LogP contribution in [0.4, 0.5) is 4.39 Å². The van der Waals surface area contributed by atoms with Gasteiger partial charge in [0.1, 0.15) is 0 Å². The van der Waals surface area contributed by atoms with Crippen molar-refractivity contribution in [1.82, 2.24) is 9.55 Å². The quantitative estimate of drug-likeness (QED) is 0.687. The highest BCUT2D eigenvalue weighted by Gasteiger charge is 1.99. The van der Waals surface area contributed by atoms with Crippen LogP contribution in [0.1, 0.15) is 18.3 Å². The molecule has 2 nitrogen and oxygen atoms in total. The van der Waals surface area contributed by atoms with Crippen LogP contribution >= 0.6 is 0 Å². The second-order valence-electron chi connectivity index (χ2n) is 2.33. The van der Waals surface area contributed by atoms with Gasteiger partial charge in [-0.15, -0.1) is 0 Å². The molecule has 1 heterocycles. The van der Waals surface area contributed by atoms with Gasteiger partial charge in [0.25, 0.3) is 0 Å². The van der Waals surface area contributed by atoms with Crippen LogP contribution in [-0.4, -0.2) is 16.7 Å². The van der Waals surface area contributed by atoms with Crippen LogP contribution in [0.3, 0.4) is 0 Å². The van der Waals surface area contributed by atoms with E-state index < -0.39 is 0 Å². The molecule has 0 unspecified atom stereocenters. The van der Waals surface area contributed by atoms with Gasteiger partial charge in [-0.25, -0.2) is 4.98 Å². The van der Waals surface area contributed by atoms with E-state index in [9.17, 15) is 4.39 Å². The molecule has 0 N–H and O–H groups in total. The van der Waals surface area contributed by atoms with Crippen LogP contribution in [0.15, 0.2) is 19.0 Å². The van der Waals surface area contributed by atoms with Gasteiger partial charge in [-0.1, -0.05) is 12.7 Å². The van der Waals surface area contributed by atoms with Crippen molar-refractivity contribution in [3.63, 3.8) is 0 Å². The predicted octanol–water partition coefficient (Wildman–Crippen LogP) is 2.68. The Morgan fingerprint density at radius 3 is 2.62 bits per heavy atom. The third-order valence-electron chi connectivity index (χ3n) is 1.53. The van der Waals surface area contributed by atoms with Gasteiger partial charge < -0.3 is 4.57 Å². The third kappa shape index (κ3) is 2.86. The summed E-state index contributed by atoms with van der Waals surface area (Å²) in [5, 5.41) is 0. The van der Waals surface area contributed by atoms with E-state index in [1.54, 1.807) is 6.33 Å². The zero-order valence-corrected chi connectivity index (χ0v) is 8.29. The van der Waals surface area contributed by atoms with Crippen molar-refractivity contribution >= 4 is 12.2 Å². The van der Waals surface area contributed by atoms with E-state index in [-0.39, 0.29) is 0 Å². The second kappa shape index (κ2) is 6.17. The van der Waals surface area contributed by atoms with Crippen molar-refractivity contribution in [1.29, 1.82) is 0 Å². The molecular weight excluding hydrogens is 167 g/mol. The van der Waals surface area contributed by atoms with Crippen molar-refractivity contribution in [2.45, 2.75) is 6.92 Å². The largest absolute Gasteiger partial charge is 0.334 e. The highest BCUT2D eigenvalue weighted by atomic mass is 19.1. The van der Waals surface area contributed by atoms with E-state index in [1.807, 2.05) is 36.8 Å². The zero-order chi connectivity index (χ0) is 10.3. The molecule has 0 fully saturated rings. The Kier molecular flexibility index (Phi) is 5.52. The molecule has 0 spiro atoms. The molecule has 0 saturated carbocycles. The van der Waals surface area contributed by atoms with Gasteiger partial charge in [0.2, 0.25) is 0 Å². The standard InChI is InChI=1S/C9H12N2.CH3F/c1-4-6-8-9(5-2)11(3)7-10-8;1-2/h4-7H,2H2,1,3H3;1H3/b6-4-;. The summed E-state index contributed by atoms with van der Waals surface area (Å²) >= 11 is 0. The minimum atomic E-state index is 0.500. The smallest absolute Gasteiger partial charge is 0.0955 e. The lowest BCUT2D eigenvalue weighted by Crippen LogP contribution is -1.88. The predicted molar refractivity (Wildman–Crippen MR) is 55.0 cm³/mol. The monoisotopic (exact) mass is 182 g/mol. The molecule has 0 saturated heterocycles. The van der Waals surface area contributed by atoms with Crippen LogP contribution in [-0.2, 0) is 7.05 Å². The van der Waals surface area contributed by atoms with Crippen molar-refractivity contribution in [3.05, 3.63) is 30.4 Å².